The van der Waals surface area contributed by atoms with Crippen LogP contribution in [0.5, 0.6) is 0 Å². The lowest BCUT2D eigenvalue weighted by atomic mass is 9.84. The van der Waals surface area contributed by atoms with Crippen molar-refractivity contribution in [3.8, 4) is 0 Å². The van der Waals surface area contributed by atoms with Crippen LogP contribution in [0.25, 0.3) is 0 Å². The van der Waals surface area contributed by atoms with Crippen LogP contribution in [0.15, 0.2) is 0 Å². The second-order valence-electron chi connectivity index (χ2n) is 4.81. The summed E-state index contributed by atoms with van der Waals surface area (Å²) >= 11 is 0. The molecule has 0 rings (SSSR count). The minimum atomic E-state index is 0.0326. The molecule has 0 aliphatic rings. The Bertz CT molecular complexity index is 188. The second-order valence-corrected chi connectivity index (χ2v) is 4.81. The Kier molecular flexibility index (Phi) is 6.52. The van der Waals surface area contributed by atoms with Gasteiger partial charge in [-0.3, -0.25) is 4.79 Å². The molecule has 0 saturated heterocycles. The van der Waals surface area contributed by atoms with E-state index in [0.717, 1.165) is 6.42 Å². The molecule has 1 atom stereocenters. The molecule has 1 amide bonds. The van der Waals surface area contributed by atoms with Gasteiger partial charge >= 0.3 is 0 Å². The molecule has 0 fully saturated rings. The van der Waals surface area contributed by atoms with Gasteiger partial charge in [0.2, 0.25) is 5.91 Å². The third-order valence-corrected chi connectivity index (χ3v) is 2.37. The second kappa shape index (κ2) is 6.80. The molecule has 0 aliphatic carbocycles. The number of ether oxygens (including phenoxy) is 1. The zero-order valence-electron chi connectivity index (χ0n) is 10.3. The van der Waals surface area contributed by atoms with Crippen LogP contribution < -0.4 is 11.1 Å². The molecule has 3 N–H and O–H groups in total. The summed E-state index contributed by atoms with van der Waals surface area (Å²) < 4.78 is 4.85. The van der Waals surface area contributed by atoms with Crippen molar-refractivity contribution in [1.82, 2.24) is 5.32 Å². The highest BCUT2D eigenvalue weighted by Gasteiger charge is 2.25. The largest absolute Gasteiger partial charge is 0.384 e. The van der Waals surface area contributed by atoms with Crippen LogP contribution >= 0.6 is 0 Å². The Hall–Kier alpha value is -0.610. The Balaban J connectivity index is 4.11. The SMILES string of the molecule is COCCC(=O)NC(CCN)C(C)(C)C. The smallest absolute Gasteiger partial charge is 0.222 e. The molecule has 0 spiro atoms. The first-order valence-corrected chi connectivity index (χ1v) is 5.40. The summed E-state index contributed by atoms with van der Waals surface area (Å²) in [5, 5.41) is 2.99. The quantitative estimate of drug-likeness (QED) is 0.693. The lowest BCUT2D eigenvalue weighted by molar-refractivity contribution is -0.123. The molecule has 0 saturated carbocycles. The van der Waals surface area contributed by atoms with E-state index >= 15 is 0 Å². The average molecular weight is 216 g/mol. The standard InChI is InChI=1S/C11H24N2O2/c1-11(2,3)9(5-7-12)13-10(14)6-8-15-4/h9H,5-8,12H2,1-4H3,(H,13,14). The summed E-state index contributed by atoms with van der Waals surface area (Å²) in [7, 11) is 1.59. The van der Waals surface area contributed by atoms with Gasteiger partial charge in [-0.1, -0.05) is 20.8 Å². The van der Waals surface area contributed by atoms with Crippen LogP contribution in [0.2, 0.25) is 0 Å². The molecule has 0 bridgehead atoms. The predicted molar refractivity (Wildman–Crippen MR) is 61.6 cm³/mol. The number of amides is 1. The molecular weight excluding hydrogens is 192 g/mol. The van der Waals surface area contributed by atoms with Gasteiger partial charge in [0.1, 0.15) is 0 Å². The van der Waals surface area contributed by atoms with Gasteiger partial charge in [0.05, 0.1) is 6.61 Å². The van der Waals surface area contributed by atoms with Gasteiger partial charge in [0, 0.05) is 19.6 Å². The molecule has 4 nitrogen and oxygen atoms in total. The van der Waals surface area contributed by atoms with Crippen molar-refractivity contribution in [3.63, 3.8) is 0 Å². The van der Waals surface area contributed by atoms with Crippen molar-refractivity contribution < 1.29 is 9.53 Å². The van der Waals surface area contributed by atoms with Gasteiger partial charge in [0.25, 0.3) is 0 Å². The van der Waals surface area contributed by atoms with Crippen LogP contribution in [0.4, 0.5) is 0 Å². The molecule has 0 heterocycles. The number of hydrogen-bond donors (Lipinski definition) is 2. The fraction of sp³-hybridized carbons (Fsp3) is 0.909. The number of nitrogens with two attached hydrogens (primary N) is 1. The minimum absolute atomic E-state index is 0.0326. The third kappa shape index (κ3) is 6.47. The van der Waals surface area contributed by atoms with Crippen molar-refractivity contribution in [3.05, 3.63) is 0 Å². The van der Waals surface area contributed by atoms with Crippen molar-refractivity contribution >= 4 is 5.91 Å². The number of hydrogen-bond acceptors (Lipinski definition) is 3. The highest BCUT2D eigenvalue weighted by molar-refractivity contribution is 5.76. The number of rotatable bonds is 6. The first-order valence-electron chi connectivity index (χ1n) is 5.40. The Morgan fingerprint density at radius 2 is 2.07 bits per heavy atom. The molecule has 0 aromatic carbocycles. The van der Waals surface area contributed by atoms with Crippen LogP contribution in [0.1, 0.15) is 33.6 Å². The highest BCUT2D eigenvalue weighted by atomic mass is 16.5. The highest BCUT2D eigenvalue weighted by Crippen LogP contribution is 2.21. The number of nitrogens with one attached hydrogen (secondary N) is 1. The molecule has 90 valence electrons. The third-order valence-electron chi connectivity index (χ3n) is 2.37. The van der Waals surface area contributed by atoms with Gasteiger partial charge in [-0.15, -0.1) is 0 Å². The summed E-state index contributed by atoms with van der Waals surface area (Å²) in [6, 6.07) is 0.131. The van der Waals surface area contributed by atoms with Gasteiger partial charge < -0.3 is 15.8 Å². The van der Waals surface area contributed by atoms with E-state index < -0.39 is 0 Å². The van der Waals surface area contributed by atoms with Gasteiger partial charge in [-0.05, 0) is 18.4 Å². The molecule has 15 heavy (non-hydrogen) atoms. The molecular formula is C11H24N2O2. The maximum Gasteiger partial charge on any atom is 0.222 e. The fourth-order valence-electron chi connectivity index (χ4n) is 1.35. The first-order chi connectivity index (χ1) is 6.91. The maximum absolute atomic E-state index is 11.5. The molecule has 1 unspecified atom stereocenters. The van der Waals surface area contributed by atoms with E-state index in [9.17, 15) is 4.79 Å². The summed E-state index contributed by atoms with van der Waals surface area (Å²) in [5.41, 5.74) is 5.57. The lowest BCUT2D eigenvalue weighted by Gasteiger charge is -2.31. The zero-order valence-corrected chi connectivity index (χ0v) is 10.3. The van der Waals surface area contributed by atoms with E-state index in [1.165, 1.54) is 0 Å². The molecule has 0 aliphatic heterocycles. The Morgan fingerprint density at radius 1 is 1.47 bits per heavy atom. The van der Waals surface area contributed by atoms with Crippen molar-refractivity contribution in [2.75, 3.05) is 20.3 Å². The van der Waals surface area contributed by atoms with E-state index in [0.29, 0.717) is 19.6 Å². The Labute approximate surface area is 92.6 Å². The van der Waals surface area contributed by atoms with Crippen LogP contribution in [-0.4, -0.2) is 32.2 Å². The van der Waals surface area contributed by atoms with E-state index in [2.05, 4.69) is 26.1 Å². The average Bonchev–Trinajstić information content (AvgIpc) is 2.12. The van der Waals surface area contributed by atoms with Crippen LogP contribution in [-0.2, 0) is 9.53 Å². The summed E-state index contributed by atoms with van der Waals surface area (Å²) in [6.45, 7) is 7.36. The zero-order chi connectivity index (χ0) is 11.9. The molecule has 0 aromatic heterocycles. The Morgan fingerprint density at radius 3 is 2.47 bits per heavy atom. The van der Waals surface area contributed by atoms with Crippen molar-refractivity contribution in [1.29, 1.82) is 0 Å². The van der Waals surface area contributed by atoms with E-state index in [1.807, 2.05) is 0 Å². The maximum atomic E-state index is 11.5. The van der Waals surface area contributed by atoms with Gasteiger partial charge in [-0.25, -0.2) is 0 Å². The van der Waals surface area contributed by atoms with Gasteiger partial charge in [-0.2, -0.15) is 0 Å². The predicted octanol–water partition coefficient (Wildman–Crippen LogP) is 0.903. The van der Waals surface area contributed by atoms with Crippen molar-refractivity contribution in [2.24, 2.45) is 11.1 Å². The van der Waals surface area contributed by atoms with E-state index in [1.54, 1.807) is 7.11 Å². The van der Waals surface area contributed by atoms with E-state index in [-0.39, 0.29) is 17.4 Å². The number of carbonyl (C=O) groups is 1. The number of methoxy groups -OCH3 is 1. The van der Waals surface area contributed by atoms with E-state index in [4.69, 9.17) is 10.5 Å². The van der Waals surface area contributed by atoms with Crippen LogP contribution in [0, 0.1) is 5.41 Å². The topological polar surface area (TPSA) is 64.3 Å². The first kappa shape index (κ1) is 14.4. The molecule has 0 radical (unpaired) electrons. The van der Waals surface area contributed by atoms with Crippen molar-refractivity contribution in [2.45, 2.75) is 39.7 Å². The lowest BCUT2D eigenvalue weighted by Crippen LogP contribution is -2.45. The van der Waals surface area contributed by atoms with Gasteiger partial charge in [0.15, 0.2) is 0 Å². The normalized spacial score (nSPS) is 13.7. The summed E-state index contributed by atoms with van der Waals surface area (Å²) in [6.07, 6.45) is 1.22. The molecule has 0 aromatic rings. The summed E-state index contributed by atoms with van der Waals surface area (Å²) in [4.78, 5) is 11.5. The number of carbonyl (C=O) groups excluding carboxylic acids is 1. The molecule has 4 heteroatoms. The van der Waals surface area contributed by atoms with Crippen LogP contribution in [0.3, 0.4) is 0 Å². The monoisotopic (exact) mass is 216 g/mol. The minimum Gasteiger partial charge on any atom is -0.384 e. The summed E-state index contributed by atoms with van der Waals surface area (Å²) in [5.74, 6) is 0.0326. The fourth-order valence-corrected chi connectivity index (χ4v) is 1.35.